The Kier molecular flexibility index (Phi) is 5.25. The number of phenolic OH excluding ortho intramolecular Hbond substituents is 1. The van der Waals surface area contributed by atoms with E-state index in [1.807, 2.05) is 41.3 Å². The summed E-state index contributed by atoms with van der Waals surface area (Å²) in [5, 5.41) is 17.7. The van der Waals surface area contributed by atoms with Gasteiger partial charge in [-0.15, -0.1) is 0 Å². The van der Waals surface area contributed by atoms with Gasteiger partial charge in [0.15, 0.2) is 0 Å². The number of hydrogen-bond donors (Lipinski definition) is 2. The fourth-order valence-corrected chi connectivity index (χ4v) is 3.86. The summed E-state index contributed by atoms with van der Waals surface area (Å²) in [7, 11) is 0. The highest BCUT2D eigenvalue weighted by Crippen LogP contribution is 2.44. The number of H-pyrrole nitrogens is 1. The number of carbonyl (C=O) groups is 1. The van der Waals surface area contributed by atoms with Crippen LogP contribution in [0, 0.1) is 0 Å². The van der Waals surface area contributed by atoms with Crippen LogP contribution in [0.25, 0.3) is 11.3 Å². The summed E-state index contributed by atoms with van der Waals surface area (Å²) in [6.07, 6.45) is 1.80. The maximum absolute atomic E-state index is 13.1. The van der Waals surface area contributed by atoms with E-state index in [9.17, 15) is 9.90 Å². The largest absolute Gasteiger partial charge is 0.507 e. The molecule has 29 heavy (non-hydrogen) atoms. The lowest BCUT2D eigenvalue weighted by Crippen LogP contribution is -2.30. The number of para-hydroxylation sites is 1. The lowest BCUT2D eigenvalue weighted by Gasteiger charge is -2.26. The van der Waals surface area contributed by atoms with Gasteiger partial charge in [0.25, 0.3) is 5.91 Å². The van der Waals surface area contributed by atoms with Gasteiger partial charge in [0.2, 0.25) is 0 Å². The summed E-state index contributed by atoms with van der Waals surface area (Å²) in [5.41, 5.74) is 3.53. The van der Waals surface area contributed by atoms with E-state index in [0.717, 1.165) is 29.7 Å². The summed E-state index contributed by atoms with van der Waals surface area (Å²) in [5.74, 6) is 0.896. The van der Waals surface area contributed by atoms with Gasteiger partial charge in [0, 0.05) is 17.7 Å². The van der Waals surface area contributed by atoms with Gasteiger partial charge >= 0.3 is 0 Å². The minimum absolute atomic E-state index is 0.0627. The predicted molar refractivity (Wildman–Crippen MR) is 111 cm³/mol. The number of ether oxygens (including phenoxy) is 1. The molecule has 4 rings (SSSR count). The van der Waals surface area contributed by atoms with Gasteiger partial charge in [-0.2, -0.15) is 5.10 Å². The number of nitrogens with zero attached hydrogens (tertiary/aromatic N) is 2. The fourth-order valence-electron chi connectivity index (χ4n) is 3.86. The van der Waals surface area contributed by atoms with Crippen LogP contribution in [0.5, 0.6) is 11.5 Å². The maximum Gasteiger partial charge on any atom is 0.273 e. The van der Waals surface area contributed by atoms with Crippen molar-refractivity contribution >= 4 is 5.91 Å². The number of hydrogen-bond acceptors (Lipinski definition) is 4. The molecular weight excluding hydrogens is 366 g/mol. The summed E-state index contributed by atoms with van der Waals surface area (Å²) in [6.45, 7) is 5.44. The molecule has 1 atom stereocenters. The highest BCUT2D eigenvalue weighted by atomic mass is 16.5. The van der Waals surface area contributed by atoms with Crippen molar-refractivity contribution in [3.05, 3.63) is 65.4 Å². The Morgan fingerprint density at radius 1 is 1.10 bits per heavy atom. The normalized spacial score (nSPS) is 15.6. The minimum atomic E-state index is -0.258. The third kappa shape index (κ3) is 3.35. The molecule has 0 saturated heterocycles. The molecule has 6 nitrogen and oxygen atoms in total. The number of aromatic hydroxyl groups is 1. The second-order valence-electron chi connectivity index (χ2n) is 7.20. The number of rotatable bonds is 7. The standard InChI is InChI=1S/C23H25N3O3/c1-3-13-26-22(15-9-11-16(12-10-15)29-14-4-2)19-20(24-25-21(19)23(26)28)17-7-5-6-8-18(17)27/h5-12,22,27H,3-4,13-14H2,1-2H3,(H,24,25). The average molecular weight is 391 g/mol. The second kappa shape index (κ2) is 7.99. The van der Waals surface area contributed by atoms with Crippen molar-refractivity contribution in [1.29, 1.82) is 0 Å². The lowest BCUT2D eigenvalue weighted by atomic mass is 9.95. The SMILES string of the molecule is CCCOc1ccc(C2c3c(-c4ccccc4O)n[nH]c3C(=O)N2CCC)cc1. The van der Waals surface area contributed by atoms with Crippen LogP contribution < -0.4 is 4.74 Å². The third-order valence-electron chi connectivity index (χ3n) is 5.16. The zero-order valence-electron chi connectivity index (χ0n) is 16.7. The average Bonchev–Trinajstić information content (AvgIpc) is 3.27. The molecule has 2 N–H and O–H groups in total. The topological polar surface area (TPSA) is 78.5 Å². The maximum atomic E-state index is 13.1. The molecule has 0 spiro atoms. The highest BCUT2D eigenvalue weighted by molar-refractivity contribution is 6.00. The van der Waals surface area contributed by atoms with Gasteiger partial charge in [-0.3, -0.25) is 9.89 Å². The van der Waals surface area contributed by atoms with Crippen molar-refractivity contribution in [2.75, 3.05) is 13.2 Å². The van der Waals surface area contributed by atoms with E-state index in [1.165, 1.54) is 0 Å². The number of phenols is 1. The molecule has 3 aromatic rings. The predicted octanol–water partition coefficient (Wildman–Crippen LogP) is 4.53. The first-order valence-corrected chi connectivity index (χ1v) is 10.1. The number of aromatic amines is 1. The molecule has 0 radical (unpaired) electrons. The van der Waals surface area contributed by atoms with E-state index in [0.29, 0.717) is 30.1 Å². The summed E-state index contributed by atoms with van der Waals surface area (Å²) in [4.78, 5) is 14.9. The molecule has 1 unspecified atom stereocenters. The van der Waals surface area contributed by atoms with E-state index in [1.54, 1.807) is 12.1 Å². The minimum Gasteiger partial charge on any atom is -0.507 e. The smallest absolute Gasteiger partial charge is 0.273 e. The van der Waals surface area contributed by atoms with Crippen molar-refractivity contribution in [2.24, 2.45) is 0 Å². The van der Waals surface area contributed by atoms with Crippen LogP contribution in [0.1, 0.15) is 54.3 Å². The Bertz CT molecular complexity index is 1010. The van der Waals surface area contributed by atoms with Gasteiger partial charge in [-0.25, -0.2) is 0 Å². The quantitative estimate of drug-likeness (QED) is 0.620. The van der Waals surface area contributed by atoms with E-state index in [2.05, 4.69) is 24.0 Å². The lowest BCUT2D eigenvalue weighted by molar-refractivity contribution is 0.0744. The molecule has 1 aromatic heterocycles. The number of amides is 1. The second-order valence-corrected chi connectivity index (χ2v) is 7.20. The van der Waals surface area contributed by atoms with E-state index in [-0.39, 0.29) is 17.7 Å². The first kappa shape index (κ1) is 19.1. The molecule has 2 heterocycles. The summed E-state index contributed by atoms with van der Waals surface area (Å²) in [6, 6.07) is 14.7. The van der Waals surface area contributed by atoms with Crippen LogP contribution in [0.4, 0.5) is 0 Å². The number of fused-ring (bicyclic) bond motifs is 1. The van der Waals surface area contributed by atoms with Crippen LogP contribution in [0.15, 0.2) is 48.5 Å². The molecule has 0 bridgehead atoms. The molecule has 0 aliphatic carbocycles. The van der Waals surface area contributed by atoms with Crippen molar-refractivity contribution < 1.29 is 14.6 Å². The Morgan fingerprint density at radius 2 is 1.86 bits per heavy atom. The highest BCUT2D eigenvalue weighted by Gasteiger charge is 2.42. The molecule has 1 aliphatic heterocycles. The van der Waals surface area contributed by atoms with E-state index >= 15 is 0 Å². The van der Waals surface area contributed by atoms with Gasteiger partial charge in [0.1, 0.15) is 22.9 Å². The zero-order valence-corrected chi connectivity index (χ0v) is 16.7. The van der Waals surface area contributed by atoms with E-state index < -0.39 is 0 Å². The Labute approximate surface area is 170 Å². The fraction of sp³-hybridized carbons (Fsp3) is 0.304. The Balaban J connectivity index is 1.80. The number of carbonyl (C=O) groups excluding carboxylic acids is 1. The van der Waals surface area contributed by atoms with Crippen molar-refractivity contribution in [3.8, 4) is 22.8 Å². The van der Waals surface area contributed by atoms with Crippen molar-refractivity contribution in [1.82, 2.24) is 15.1 Å². The molecule has 0 fully saturated rings. The van der Waals surface area contributed by atoms with Crippen LogP contribution in [0.2, 0.25) is 0 Å². The zero-order chi connectivity index (χ0) is 20.4. The summed E-state index contributed by atoms with van der Waals surface area (Å²) >= 11 is 0. The number of benzene rings is 2. The Morgan fingerprint density at radius 3 is 2.55 bits per heavy atom. The first-order valence-electron chi connectivity index (χ1n) is 10.1. The first-order chi connectivity index (χ1) is 14.2. The van der Waals surface area contributed by atoms with Crippen LogP contribution in [-0.4, -0.2) is 39.3 Å². The molecule has 150 valence electrons. The molecule has 6 heteroatoms. The van der Waals surface area contributed by atoms with Gasteiger partial charge < -0.3 is 14.7 Å². The van der Waals surface area contributed by atoms with Gasteiger partial charge in [-0.05, 0) is 42.7 Å². The van der Waals surface area contributed by atoms with Crippen LogP contribution in [0.3, 0.4) is 0 Å². The molecule has 0 saturated carbocycles. The van der Waals surface area contributed by atoms with Gasteiger partial charge in [0.05, 0.1) is 12.6 Å². The third-order valence-corrected chi connectivity index (χ3v) is 5.16. The summed E-state index contributed by atoms with van der Waals surface area (Å²) < 4.78 is 5.70. The van der Waals surface area contributed by atoms with Crippen LogP contribution in [-0.2, 0) is 0 Å². The molecule has 2 aromatic carbocycles. The van der Waals surface area contributed by atoms with Crippen molar-refractivity contribution in [3.63, 3.8) is 0 Å². The van der Waals surface area contributed by atoms with Crippen LogP contribution >= 0.6 is 0 Å². The Hall–Kier alpha value is -3.28. The number of aromatic nitrogens is 2. The molecule has 1 amide bonds. The number of nitrogens with one attached hydrogen (secondary N) is 1. The molecular formula is C23H25N3O3. The monoisotopic (exact) mass is 391 g/mol. The molecule has 1 aliphatic rings. The van der Waals surface area contributed by atoms with E-state index in [4.69, 9.17) is 4.74 Å². The van der Waals surface area contributed by atoms with Crippen molar-refractivity contribution in [2.45, 2.75) is 32.7 Å². The van der Waals surface area contributed by atoms with Gasteiger partial charge in [-0.1, -0.05) is 38.1 Å².